The predicted octanol–water partition coefficient (Wildman–Crippen LogP) is 25.4. The molecule has 0 bridgehead atoms. The van der Waals surface area contributed by atoms with Crippen molar-refractivity contribution in [2.24, 2.45) is 0 Å². The summed E-state index contributed by atoms with van der Waals surface area (Å²) in [6, 6.07) is 0. The number of carbonyl (C=O) groups is 4. The molecule has 19 heteroatoms. The largest absolute Gasteiger partial charge is 0.472 e. The van der Waals surface area contributed by atoms with Gasteiger partial charge in [-0.3, -0.25) is 37.3 Å². The van der Waals surface area contributed by atoms with Crippen molar-refractivity contribution in [3.8, 4) is 0 Å². The van der Waals surface area contributed by atoms with Gasteiger partial charge in [-0.05, 0) is 193 Å². The van der Waals surface area contributed by atoms with E-state index in [2.05, 4.69) is 234 Å². The molecule has 0 spiro atoms. The Morgan fingerprint density at radius 2 is 0.464 bits per heavy atom. The first-order valence-corrected chi connectivity index (χ1v) is 45.3. The Bertz CT molecular complexity index is 2940. The minimum atomic E-state index is -5.02. The van der Waals surface area contributed by atoms with Crippen molar-refractivity contribution >= 4 is 39.5 Å². The lowest BCUT2D eigenvalue weighted by Gasteiger charge is -2.21. The van der Waals surface area contributed by atoms with Crippen LogP contribution in [0.25, 0.3) is 0 Å². The molecule has 0 rings (SSSR count). The molecule has 0 heterocycles. The van der Waals surface area contributed by atoms with E-state index in [0.717, 1.165) is 199 Å². The Morgan fingerprint density at radius 3 is 0.723 bits per heavy atom. The van der Waals surface area contributed by atoms with Crippen LogP contribution in [0.5, 0.6) is 0 Å². The standard InChI is InChI=1S/C93H148O17P2/c1-5-9-13-17-21-25-29-33-37-40-43-46-50-54-58-62-66-70-74-78-91(96)104-84-89(110-93(98)80-76-72-68-64-60-56-52-48-45-42-39-35-31-27-23-19-15-11-7-3)86-108-112(101,102)106-82-87(94)81-105-111(99,100)107-85-88(83-103-90(95)77-73-69-65-61-57-53-49-36-32-28-24-20-16-12-8-4)109-92(97)79-75-71-67-63-59-55-51-47-44-41-38-34-30-26-22-18-14-10-6-2/h9-11,13-15,21-28,33-39,43-49,54-56,58-60,87-89,94H,5-8,12,16-20,29-32,40-42,50-53,57,61-86H2,1-4H3,(H,99,100)(H,101,102)/b13-9-,14-10-,15-11-,25-21-,26-22-,27-23-,28-24-,37-33-,38-34-,39-35-,46-43-,47-44-,48-45-,49-36-,58-54-,59-55-,60-56-/t87-,88+,89+/m0/s1. The first-order valence-electron chi connectivity index (χ1n) is 42.3. The fourth-order valence-electron chi connectivity index (χ4n) is 10.4. The summed E-state index contributed by atoms with van der Waals surface area (Å²) in [7, 11) is -10.0. The van der Waals surface area contributed by atoms with E-state index >= 15 is 0 Å². The number of aliphatic hydroxyl groups excluding tert-OH is 1. The Labute approximate surface area is 678 Å². The lowest BCUT2D eigenvalue weighted by Crippen LogP contribution is -2.30. The van der Waals surface area contributed by atoms with Crippen LogP contribution in [0.4, 0.5) is 0 Å². The molecule has 632 valence electrons. The molecule has 0 aromatic heterocycles. The van der Waals surface area contributed by atoms with Crippen LogP contribution in [0.15, 0.2) is 207 Å². The first-order chi connectivity index (χ1) is 54.7. The van der Waals surface area contributed by atoms with Gasteiger partial charge in [0, 0.05) is 25.7 Å². The highest BCUT2D eigenvalue weighted by Crippen LogP contribution is 2.45. The van der Waals surface area contributed by atoms with Crippen LogP contribution < -0.4 is 0 Å². The van der Waals surface area contributed by atoms with Gasteiger partial charge in [0.2, 0.25) is 0 Å². The van der Waals surface area contributed by atoms with Gasteiger partial charge in [-0.15, -0.1) is 0 Å². The van der Waals surface area contributed by atoms with Crippen LogP contribution in [0.3, 0.4) is 0 Å². The average Bonchev–Trinajstić information content (AvgIpc) is 0.908. The Hall–Kier alpha value is -6.36. The molecule has 0 aliphatic carbocycles. The third kappa shape index (κ3) is 81.6. The van der Waals surface area contributed by atoms with Gasteiger partial charge in [0.1, 0.15) is 19.3 Å². The van der Waals surface area contributed by atoms with E-state index in [1.807, 2.05) is 0 Å². The highest BCUT2D eigenvalue weighted by atomic mass is 31.2. The van der Waals surface area contributed by atoms with Crippen LogP contribution in [-0.2, 0) is 65.4 Å². The van der Waals surface area contributed by atoms with Crippen molar-refractivity contribution in [1.29, 1.82) is 0 Å². The number of hydrogen-bond acceptors (Lipinski definition) is 15. The zero-order chi connectivity index (χ0) is 81.7. The first kappa shape index (κ1) is 106. The SMILES string of the molecule is CC/C=C\C/C=C\C/C=C\C/C=C\C/C=C\CCCCCC(=O)OC[C@H](COP(=O)(O)OC[C@@H](O)COP(=O)(O)OC[C@@H](COC(=O)CCCCCCC/C=C\C/C=C\CCCCC)OC(=O)CCCCC/C=C\C/C=C\C/C=C\C/C=C\C/C=C\CC)OC(=O)CCCCC/C=C\C/C=C\C/C=C\C/C=C\C/C=C\CC. The van der Waals surface area contributed by atoms with Gasteiger partial charge < -0.3 is 33.8 Å². The molecule has 17 nitrogen and oxygen atoms in total. The van der Waals surface area contributed by atoms with Gasteiger partial charge in [0.15, 0.2) is 12.2 Å². The van der Waals surface area contributed by atoms with Gasteiger partial charge >= 0.3 is 39.5 Å². The number of rotatable bonds is 77. The molecule has 112 heavy (non-hydrogen) atoms. The molecule has 3 N–H and O–H groups in total. The smallest absolute Gasteiger partial charge is 0.462 e. The van der Waals surface area contributed by atoms with E-state index in [9.17, 15) is 43.2 Å². The fraction of sp³-hybridized carbons (Fsp3) is 0.591. The number of allylic oxidation sites excluding steroid dienone is 34. The van der Waals surface area contributed by atoms with Crippen molar-refractivity contribution < 1.29 is 80.2 Å². The molecule has 0 aromatic rings. The maximum absolute atomic E-state index is 13.1. The summed E-state index contributed by atoms with van der Waals surface area (Å²) >= 11 is 0. The zero-order valence-corrected chi connectivity index (χ0v) is 71.0. The molecule has 0 aliphatic heterocycles. The molecule has 0 amide bonds. The van der Waals surface area contributed by atoms with E-state index < -0.39 is 97.5 Å². The summed E-state index contributed by atoms with van der Waals surface area (Å²) in [5, 5.41) is 10.7. The monoisotopic (exact) mass is 1600 g/mol. The number of hydrogen-bond donors (Lipinski definition) is 3. The quantitative estimate of drug-likeness (QED) is 0.0169. The lowest BCUT2D eigenvalue weighted by atomic mass is 10.1. The topological polar surface area (TPSA) is 237 Å². The van der Waals surface area contributed by atoms with E-state index in [-0.39, 0.29) is 25.7 Å². The number of esters is 4. The maximum Gasteiger partial charge on any atom is 0.472 e. The van der Waals surface area contributed by atoms with Crippen molar-refractivity contribution in [2.45, 2.75) is 316 Å². The zero-order valence-electron chi connectivity index (χ0n) is 69.3. The predicted molar refractivity (Wildman–Crippen MR) is 463 cm³/mol. The van der Waals surface area contributed by atoms with Crippen LogP contribution in [0.2, 0.25) is 0 Å². The minimum Gasteiger partial charge on any atom is -0.462 e. The third-order valence-corrected chi connectivity index (χ3v) is 18.6. The highest BCUT2D eigenvalue weighted by molar-refractivity contribution is 7.47. The molecule has 0 saturated carbocycles. The summed E-state index contributed by atoms with van der Waals surface area (Å²) in [4.78, 5) is 73.3. The third-order valence-electron chi connectivity index (χ3n) is 16.7. The number of phosphoric acid groups is 2. The van der Waals surface area contributed by atoms with E-state index in [1.54, 1.807) is 0 Å². The molecule has 0 aliphatic rings. The fourth-order valence-corrected chi connectivity index (χ4v) is 12.0. The molecular weight excluding hydrogens is 1450 g/mol. The molecule has 0 fully saturated rings. The Morgan fingerprint density at radius 1 is 0.259 bits per heavy atom. The molecule has 0 saturated heterocycles. The summed E-state index contributed by atoms with van der Waals surface area (Å²) in [5.74, 6) is -2.32. The van der Waals surface area contributed by atoms with E-state index in [0.29, 0.717) is 25.7 Å². The maximum atomic E-state index is 13.1. The Kier molecular flexibility index (Phi) is 77.9. The van der Waals surface area contributed by atoms with Gasteiger partial charge in [-0.1, -0.05) is 286 Å². The van der Waals surface area contributed by atoms with Crippen LogP contribution in [0, 0.1) is 0 Å². The van der Waals surface area contributed by atoms with Gasteiger partial charge in [0.25, 0.3) is 0 Å². The van der Waals surface area contributed by atoms with Gasteiger partial charge in [-0.2, -0.15) is 0 Å². The molecule has 0 radical (unpaired) electrons. The van der Waals surface area contributed by atoms with Crippen molar-refractivity contribution in [2.75, 3.05) is 39.6 Å². The minimum absolute atomic E-state index is 0.0380. The van der Waals surface area contributed by atoms with Gasteiger partial charge in [0.05, 0.1) is 26.4 Å². The average molecular weight is 1600 g/mol. The molecular formula is C93H148O17P2. The molecule has 0 aromatic carbocycles. The van der Waals surface area contributed by atoms with Crippen LogP contribution in [0.1, 0.15) is 297 Å². The Balaban J connectivity index is 5.53. The van der Waals surface area contributed by atoms with E-state index in [1.165, 1.54) is 19.3 Å². The number of ether oxygens (including phenoxy) is 4. The van der Waals surface area contributed by atoms with E-state index in [4.69, 9.17) is 37.0 Å². The summed E-state index contributed by atoms with van der Waals surface area (Å²) < 4.78 is 68.7. The number of unbranched alkanes of at least 4 members (excludes halogenated alkanes) is 17. The van der Waals surface area contributed by atoms with Crippen molar-refractivity contribution in [1.82, 2.24) is 0 Å². The number of carbonyl (C=O) groups excluding carboxylic acids is 4. The second kappa shape index (κ2) is 82.6. The number of aliphatic hydroxyl groups is 1. The highest BCUT2D eigenvalue weighted by Gasteiger charge is 2.30. The second-order valence-corrected chi connectivity index (χ2v) is 30.2. The molecule has 2 unspecified atom stereocenters. The summed E-state index contributed by atoms with van der Waals surface area (Å²) in [5.41, 5.74) is 0. The van der Waals surface area contributed by atoms with Crippen LogP contribution >= 0.6 is 15.6 Å². The number of phosphoric ester groups is 2. The lowest BCUT2D eigenvalue weighted by molar-refractivity contribution is -0.161. The van der Waals surface area contributed by atoms with Crippen LogP contribution in [-0.4, -0.2) is 96.7 Å². The summed E-state index contributed by atoms with van der Waals surface area (Å²) in [6.07, 6.45) is 104. The van der Waals surface area contributed by atoms with Crippen molar-refractivity contribution in [3.63, 3.8) is 0 Å². The molecule has 5 atom stereocenters. The second-order valence-electron chi connectivity index (χ2n) is 27.3. The van der Waals surface area contributed by atoms with Crippen molar-refractivity contribution in [3.05, 3.63) is 207 Å². The summed E-state index contributed by atoms with van der Waals surface area (Å²) in [6.45, 7) is 4.36. The van der Waals surface area contributed by atoms with Gasteiger partial charge in [-0.25, -0.2) is 9.13 Å². The normalized spacial score (nSPS) is 14.8.